The van der Waals surface area contributed by atoms with Crippen molar-refractivity contribution in [1.29, 1.82) is 0 Å². The molecule has 1 heterocycles. The van der Waals surface area contributed by atoms with Gasteiger partial charge in [0.2, 0.25) is 0 Å². The molecule has 0 aliphatic carbocycles. The van der Waals surface area contributed by atoms with E-state index < -0.39 is 0 Å². The highest BCUT2D eigenvalue weighted by Crippen LogP contribution is 2.27. The third kappa shape index (κ3) is 3.05. The zero-order valence-electron chi connectivity index (χ0n) is 10.4. The van der Waals surface area contributed by atoms with Gasteiger partial charge in [0, 0.05) is 12.1 Å². The van der Waals surface area contributed by atoms with Gasteiger partial charge < -0.3 is 5.73 Å². The molecule has 1 fully saturated rings. The summed E-state index contributed by atoms with van der Waals surface area (Å²) in [6.45, 7) is 4.15. The van der Waals surface area contributed by atoms with Crippen LogP contribution in [0.1, 0.15) is 37.8 Å². The van der Waals surface area contributed by atoms with Crippen LogP contribution < -0.4 is 5.73 Å². The Morgan fingerprint density at radius 3 is 2.53 bits per heavy atom. The van der Waals surface area contributed by atoms with Crippen molar-refractivity contribution < 1.29 is 4.39 Å². The summed E-state index contributed by atoms with van der Waals surface area (Å²) >= 11 is 0. The van der Waals surface area contributed by atoms with E-state index in [9.17, 15) is 4.39 Å². The standard InChI is InChI=1S/C14H21FN2/c1-11(16)14(17-8-3-2-4-9-17)12-6-5-7-13(15)10-12/h5-7,10-11,14H,2-4,8-9,16H2,1H3. The Morgan fingerprint density at radius 1 is 1.24 bits per heavy atom. The number of likely N-dealkylation sites (tertiary alicyclic amines) is 1. The molecule has 2 rings (SSSR count). The van der Waals surface area contributed by atoms with Crippen molar-refractivity contribution in [1.82, 2.24) is 4.90 Å². The number of benzene rings is 1. The number of hydrogen-bond acceptors (Lipinski definition) is 2. The molecule has 1 saturated heterocycles. The minimum Gasteiger partial charge on any atom is -0.326 e. The third-order valence-corrected chi connectivity index (χ3v) is 3.47. The summed E-state index contributed by atoms with van der Waals surface area (Å²) in [5.74, 6) is -0.176. The van der Waals surface area contributed by atoms with Gasteiger partial charge in [-0.15, -0.1) is 0 Å². The second kappa shape index (κ2) is 5.61. The van der Waals surface area contributed by atoms with Crippen molar-refractivity contribution in [3.05, 3.63) is 35.6 Å². The maximum atomic E-state index is 13.3. The van der Waals surface area contributed by atoms with Crippen LogP contribution >= 0.6 is 0 Å². The fraction of sp³-hybridized carbons (Fsp3) is 0.571. The van der Waals surface area contributed by atoms with Crippen LogP contribution in [0.5, 0.6) is 0 Å². The first-order valence-corrected chi connectivity index (χ1v) is 6.43. The summed E-state index contributed by atoms with van der Waals surface area (Å²) in [6, 6.07) is 7.01. The van der Waals surface area contributed by atoms with E-state index in [1.807, 2.05) is 13.0 Å². The van der Waals surface area contributed by atoms with Gasteiger partial charge >= 0.3 is 0 Å². The molecule has 1 aromatic rings. The van der Waals surface area contributed by atoms with Gasteiger partial charge in [0.15, 0.2) is 0 Å². The summed E-state index contributed by atoms with van der Waals surface area (Å²) < 4.78 is 13.3. The Balaban J connectivity index is 2.21. The van der Waals surface area contributed by atoms with E-state index in [-0.39, 0.29) is 17.9 Å². The Bertz CT molecular complexity index is 359. The largest absolute Gasteiger partial charge is 0.326 e. The highest BCUT2D eigenvalue weighted by Gasteiger charge is 2.25. The predicted octanol–water partition coefficient (Wildman–Crippen LogP) is 2.70. The zero-order chi connectivity index (χ0) is 12.3. The first-order valence-electron chi connectivity index (χ1n) is 6.43. The van der Waals surface area contributed by atoms with E-state index >= 15 is 0 Å². The fourth-order valence-electron chi connectivity index (χ4n) is 2.73. The maximum absolute atomic E-state index is 13.3. The van der Waals surface area contributed by atoms with Crippen LogP contribution in [0.2, 0.25) is 0 Å². The van der Waals surface area contributed by atoms with Crippen molar-refractivity contribution in [3.63, 3.8) is 0 Å². The fourth-order valence-corrected chi connectivity index (χ4v) is 2.73. The van der Waals surface area contributed by atoms with Crippen LogP contribution in [-0.2, 0) is 0 Å². The van der Waals surface area contributed by atoms with Crippen molar-refractivity contribution in [2.45, 2.75) is 38.3 Å². The lowest BCUT2D eigenvalue weighted by Gasteiger charge is -2.37. The number of nitrogens with two attached hydrogens (primary N) is 1. The van der Waals surface area contributed by atoms with E-state index in [2.05, 4.69) is 4.90 Å². The van der Waals surface area contributed by atoms with Crippen molar-refractivity contribution in [2.75, 3.05) is 13.1 Å². The van der Waals surface area contributed by atoms with Gasteiger partial charge in [-0.05, 0) is 50.6 Å². The van der Waals surface area contributed by atoms with Gasteiger partial charge in [0.25, 0.3) is 0 Å². The molecule has 1 aliphatic rings. The maximum Gasteiger partial charge on any atom is 0.123 e. The van der Waals surface area contributed by atoms with Gasteiger partial charge in [-0.2, -0.15) is 0 Å². The molecular weight excluding hydrogens is 215 g/mol. The molecule has 0 bridgehead atoms. The molecule has 2 N–H and O–H groups in total. The summed E-state index contributed by atoms with van der Waals surface area (Å²) in [5.41, 5.74) is 7.09. The summed E-state index contributed by atoms with van der Waals surface area (Å²) in [4.78, 5) is 2.39. The summed E-state index contributed by atoms with van der Waals surface area (Å²) in [6.07, 6.45) is 3.74. The van der Waals surface area contributed by atoms with Gasteiger partial charge in [0.05, 0.1) is 0 Å². The molecule has 2 unspecified atom stereocenters. The van der Waals surface area contributed by atoms with E-state index in [1.165, 1.54) is 25.3 Å². The Morgan fingerprint density at radius 2 is 1.94 bits per heavy atom. The van der Waals surface area contributed by atoms with E-state index in [0.717, 1.165) is 18.7 Å². The number of halogens is 1. The molecule has 1 aliphatic heterocycles. The second-order valence-corrected chi connectivity index (χ2v) is 4.96. The predicted molar refractivity (Wildman–Crippen MR) is 68.2 cm³/mol. The Hall–Kier alpha value is -0.930. The van der Waals surface area contributed by atoms with E-state index in [4.69, 9.17) is 5.73 Å². The van der Waals surface area contributed by atoms with E-state index in [0.29, 0.717) is 0 Å². The molecule has 2 atom stereocenters. The molecule has 1 aromatic carbocycles. The van der Waals surface area contributed by atoms with Crippen LogP contribution in [-0.4, -0.2) is 24.0 Å². The molecule has 0 radical (unpaired) electrons. The number of hydrogen-bond donors (Lipinski definition) is 1. The highest BCUT2D eigenvalue weighted by molar-refractivity contribution is 5.21. The average molecular weight is 236 g/mol. The Labute approximate surface area is 103 Å². The number of piperidine rings is 1. The van der Waals surface area contributed by atoms with Gasteiger partial charge in [-0.3, -0.25) is 4.90 Å². The van der Waals surface area contributed by atoms with Crippen molar-refractivity contribution in [3.8, 4) is 0 Å². The minimum atomic E-state index is -0.176. The molecule has 94 valence electrons. The second-order valence-electron chi connectivity index (χ2n) is 4.96. The van der Waals surface area contributed by atoms with Crippen molar-refractivity contribution in [2.24, 2.45) is 5.73 Å². The van der Waals surface area contributed by atoms with Crippen LogP contribution in [0, 0.1) is 5.82 Å². The van der Waals surface area contributed by atoms with Gasteiger partial charge in [0.1, 0.15) is 5.82 Å². The van der Waals surface area contributed by atoms with Crippen LogP contribution in [0.25, 0.3) is 0 Å². The highest BCUT2D eigenvalue weighted by atomic mass is 19.1. The van der Waals surface area contributed by atoms with Crippen LogP contribution in [0.3, 0.4) is 0 Å². The van der Waals surface area contributed by atoms with E-state index in [1.54, 1.807) is 12.1 Å². The normalized spacial score (nSPS) is 21.1. The smallest absolute Gasteiger partial charge is 0.123 e. The molecule has 0 aromatic heterocycles. The number of nitrogens with zero attached hydrogens (tertiary/aromatic N) is 1. The molecule has 0 amide bonds. The number of rotatable bonds is 3. The lowest BCUT2D eigenvalue weighted by molar-refractivity contribution is 0.146. The molecule has 3 heteroatoms. The van der Waals surface area contributed by atoms with Crippen LogP contribution in [0.15, 0.2) is 24.3 Å². The third-order valence-electron chi connectivity index (χ3n) is 3.47. The summed E-state index contributed by atoms with van der Waals surface area (Å²) in [7, 11) is 0. The first kappa shape index (κ1) is 12.5. The average Bonchev–Trinajstić information content (AvgIpc) is 2.30. The topological polar surface area (TPSA) is 29.3 Å². The minimum absolute atomic E-state index is 0.0231. The SMILES string of the molecule is CC(N)C(c1cccc(F)c1)N1CCCCC1. The molecular formula is C14H21FN2. The molecule has 0 spiro atoms. The first-order chi connectivity index (χ1) is 8.18. The molecule has 2 nitrogen and oxygen atoms in total. The van der Waals surface area contributed by atoms with Crippen LogP contribution in [0.4, 0.5) is 4.39 Å². The zero-order valence-corrected chi connectivity index (χ0v) is 10.4. The molecule has 0 saturated carbocycles. The quantitative estimate of drug-likeness (QED) is 0.874. The van der Waals surface area contributed by atoms with Gasteiger partial charge in [-0.1, -0.05) is 18.6 Å². The monoisotopic (exact) mass is 236 g/mol. The lowest BCUT2D eigenvalue weighted by atomic mass is 9.96. The summed E-state index contributed by atoms with van der Waals surface area (Å²) in [5, 5.41) is 0. The Kier molecular flexibility index (Phi) is 4.13. The lowest BCUT2D eigenvalue weighted by Crippen LogP contribution is -2.42. The molecule has 17 heavy (non-hydrogen) atoms. The van der Waals surface area contributed by atoms with Crippen molar-refractivity contribution >= 4 is 0 Å². The van der Waals surface area contributed by atoms with Gasteiger partial charge in [-0.25, -0.2) is 4.39 Å².